The van der Waals surface area contributed by atoms with Crippen molar-refractivity contribution in [1.29, 1.82) is 0 Å². The van der Waals surface area contributed by atoms with Crippen molar-refractivity contribution in [2.24, 2.45) is 0 Å². The lowest BCUT2D eigenvalue weighted by Crippen LogP contribution is -2.31. The van der Waals surface area contributed by atoms with Crippen LogP contribution in [0, 0.1) is 0 Å². The molecule has 0 aliphatic heterocycles. The number of hydrogen-bond donors (Lipinski definition) is 2. The zero-order chi connectivity index (χ0) is 11.3. The van der Waals surface area contributed by atoms with Crippen LogP contribution in [0.3, 0.4) is 0 Å². The Labute approximate surface area is 78.3 Å². The lowest BCUT2D eigenvalue weighted by atomic mass is 10.2. The molecule has 78 valence electrons. The van der Waals surface area contributed by atoms with Gasteiger partial charge in [-0.2, -0.15) is 0 Å². The summed E-state index contributed by atoms with van der Waals surface area (Å²) >= 11 is 0. The fourth-order valence-corrected chi connectivity index (χ4v) is 0.550. The topological polar surface area (TPSA) is 118 Å². The maximum atomic E-state index is 10.6. The van der Waals surface area contributed by atoms with Crippen molar-refractivity contribution in [1.82, 2.24) is 0 Å². The molecule has 7 nitrogen and oxygen atoms in total. The van der Waals surface area contributed by atoms with Gasteiger partial charge in [0.05, 0.1) is 6.42 Å². The summed E-state index contributed by atoms with van der Waals surface area (Å²) in [6.45, 7) is 0.891. The molecule has 7 heteroatoms. The van der Waals surface area contributed by atoms with E-state index < -0.39 is 36.2 Å². The molecular formula is C7H8O7. The maximum Gasteiger partial charge on any atom is 0.375 e. The van der Waals surface area contributed by atoms with E-state index in [1.807, 2.05) is 0 Å². The largest absolute Gasteiger partial charge is 0.481 e. The van der Waals surface area contributed by atoms with Gasteiger partial charge in [-0.05, 0) is 0 Å². The summed E-state index contributed by atoms with van der Waals surface area (Å²) in [6.07, 6.45) is -2.71. The summed E-state index contributed by atoms with van der Waals surface area (Å²) < 4.78 is 4.12. The Kier molecular flexibility index (Phi) is 4.27. The molecule has 0 rings (SSSR count). The lowest BCUT2D eigenvalue weighted by Gasteiger charge is -2.09. The van der Waals surface area contributed by atoms with Crippen LogP contribution in [-0.2, 0) is 23.9 Å². The molecule has 0 saturated carbocycles. The van der Waals surface area contributed by atoms with Gasteiger partial charge in [-0.15, -0.1) is 0 Å². The van der Waals surface area contributed by atoms with Crippen LogP contribution in [0.15, 0.2) is 0 Å². The summed E-state index contributed by atoms with van der Waals surface area (Å²) in [7, 11) is 0. The van der Waals surface area contributed by atoms with E-state index in [0.29, 0.717) is 0 Å². The zero-order valence-corrected chi connectivity index (χ0v) is 7.22. The first-order valence-electron chi connectivity index (χ1n) is 3.50. The van der Waals surface area contributed by atoms with Gasteiger partial charge in [0.1, 0.15) is 0 Å². The predicted molar refractivity (Wildman–Crippen MR) is 40.4 cm³/mol. The molecule has 0 saturated heterocycles. The van der Waals surface area contributed by atoms with Crippen LogP contribution >= 0.6 is 0 Å². The number of hydrogen-bond acceptors (Lipinski definition) is 5. The molecule has 0 aromatic rings. The summed E-state index contributed by atoms with van der Waals surface area (Å²) in [5.41, 5.74) is 0. The van der Waals surface area contributed by atoms with E-state index in [0.717, 1.165) is 6.92 Å². The fourth-order valence-electron chi connectivity index (χ4n) is 0.550. The Morgan fingerprint density at radius 2 is 1.71 bits per heavy atom. The van der Waals surface area contributed by atoms with E-state index in [2.05, 4.69) is 4.74 Å². The highest BCUT2D eigenvalue weighted by atomic mass is 16.6. The smallest absolute Gasteiger partial charge is 0.375 e. The molecule has 0 radical (unpaired) electrons. The van der Waals surface area contributed by atoms with Crippen molar-refractivity contribution in [3.8, 4) is 0 Å². The first kappa shape index (κ1) is 12.1. The van der Waals surface area contributed by atoms with Gasteiger partial charge in [0.15, 0.2) is 0 Å². The van der Waals surface area contributed by atoms with Gasteiger partial charge in [0, 0.05) is 6.92 Å². The van der Waals surface area contributed by atoms with Crippen molar-refractivity contribution >= 4 is 23.7 Å². The Balaban J connectivity index is 4.38. The average molecular weight is 204 g/mol. The van der Waals surface area contributed by atoms with Crippen molar-refractivity contribution < 1.29 is 34.1 Å². The van der Waals surface area contributed by atoms with E-state index >= 15 is 0 Å². The number of carboxylic acids is 2. The summed E-state index contributed by atoms with van der Waals surface area (Å²) in [5, 5.41) is 16.6. The minimum absolute atomic E-state index is 0.881. The molecule has 0 aromatic carbocycles. The molecule has 2 N–H and O–H groups in total. The first-order valence-corrected chi connectivity index (χ1v) is 3.50. The molecule has 0 aliphatic rings. The molecule has 0 heterocycles. The molecule has 14 heavy (non-hydrogen) atoms. The number of ether oxygens (including phenoxy) is 1. The predicted octanol–water partition coefficient (Wildman–Crippen LogP) is -0.954. The van der Waals surface area contributed by atoms with Gasteiger partial charge >= 0.3 is 17.9 Å². The Hall–Kier alpha value is -1.92. The Bertz CT molecular complexity index is 280. The van der Waals surface area contributed by atoms with E-state index in [-0.39, 0.29) is 0 Å². The van der Waals surface area contributed by atoms with Crippen LogP contribution in [0.5, 0.6) is 0 Å². The molecule has 0 fully saturated rings. The number of rotatable bonds is 5. The second kappa shape index (κ2) is 4.95. The van der Waals surface area contributed by atoms with E-state index in [1.54, 1.807) is 0 Å². The summed E-state index contributed by atoms with van der Waals surface area (Å²) in [4.78, 5) is 41.5. The van der Waals surface area contributed by atoms with Crippen LogP contribution in [0.25, 0.3) is 0 Å². The molecule has 0 aliphatic carbocycles. The lowest BCUT2D eigenvalue weighted by molar-refractivity contribution is -0.169. The van der Waals surface area contributed by atoms with Crippen LogP contribution in [0.2, 0.25) is 0 Å². The Morgan fingerprint density at radius 1 is 1.21 bits per heavy atom. The number of carboxylic acid groups (broad SMARTS) is 2. The van der Waals surface area contributed by atoms with Crippen LogP contribution < -0.4 is 0 Å². The zero-order valence-electron chi connectivity index (χ0n) is 7.22. The number of carbonyl (C=O) groups excluding carboxylic acids is 2. The van der Waals surface area contributed by atoms with E-state index in [4.69, 9.17) is 10.2 Å². The van der Waals surface area contributed by atoms with Gasteiger partial charge in [0.25, 0.3) is 0 Å². The highest BCUT2D eigenvalue weighted by molar-refractivity contribution is 6.32. The van der Waals surface area contributed by atoms with Crippen LogP contribution in [0.1, 0.15) is 13.3 Å². The van der Waals surface area contributed by atoms with Gasteiger partial charge < -0.3 is 14.9 Å². The minimum Gasteiger partial charge on any atom is -0.481 e. The third-order valence-corrected chi connectivity index (χ3v) is 1.17. The van der Waals surface area contributed by atoms with E-state index in [1.165, 1.54) is 0 Å². The Morgan fingerprint density at radius 3 is 2.00 bits per heavy atom. The molecule has 0 amide bonds. The summed E-state index contributed by atoms with van der Waals surface area (Å²) in [6, 6.07) is 0. The van der Waals surface area contributed by atoms with Crippen molar-refractivity contribution in [3.63, 3.8) is 0 Å². The van der Waals surface area contributed by atoms with E-state index in [9.17, 15) is 19.2 Å². The van der Waals surface area contributed by atoms with Gasteiger partial charge in [-0.3, -0.25) is 9.59 Å². The van der Waals surface area contributed by atoms with Gasteiger partial charge in [-0.25, -0.2) is 9.59 Å². The van der Waals surface area contributed by atoms with Gasteiger partial charge in [0.2, 0.25) is 11.9 Å². The molecule has 0 bridgehead atoms. The van der Waals surface area contributed by atoms with Crippen molar-refractivity contribution in [3.05, 3.63) is 0 Å². The SMILES string of the molecule is CC(=O)C(=O)OC(CC(=O)O)C(=O)O. The number of Topliss-reactive ketones (excluding diaryl/α,β-unsaturated/α-hetero) is 1. The molecule has 0 aromatic heterocycles. The third-order valence-electron chi connectivity index (χ3n) is 1.17. The van der Waals surface area contributed by atoms with Crippen molar-refractivity contribution in [2.45, 2.75) is 19.4 Å². The maximum absolute atomic E-state index is 10.6. The second-order valence-corrected chi connectivity index (χ2v) is 2.39. The molecular weight excluding hydrogens is 196 g/mol. The van der Waals surface area contributed by atoms with Gasteiger partial charge in [-0.1, -0.05) is 0 Å². The standard InChI is InChI=1S/C7H8O7/c1-3(8)7(13)14-4(6(11)12)2-5(9)10/h4H,2H2,1H3,(H,9,10)(H,11,12). The minimum atomic E-state index is -1.83. The number of esters is 1. The highest BCUT2D eigenvalue weighted by Crippen LogP contribution is 2.00. The quantitative estimate of drug-likeness (QED) is 0.437. The molecule has 0 spiro atoms. The number of aliphatic carboxylic acids is 2. The van der Waals surface area contributed by atoms with Crippen LogP contribution in [0.4, 0.5) is 0 Å². The summed E-state index contributed by atoms with van der Waals surface area (Å²) in [5.74, 6) is -5.39. The average Bonchev–Trinajstić information content (AvgIpc) is 2.01. The number of carbonyl (C=O) groups is 4. The third kappa shape index (κ3) is 4.19. The number of ketones is 1. The van der Waals surface area contributed by atoms with Crippen molar-refractivity contribution in [2.75, 3.05) is 0 Å². The fraction of sp³-hybridized carbons (Fsp3) is 0.429. The normalized spacial score (nSPS) is 11.5. The first-order chi connectivity index (χ1) is 6.34. The monoisotopic (exact) mass is 204 g/mol. The molecule has 1 atom stereocenters. The second-order valence-electron chi connectivity index (χ2n) is 2.39. The molecule has 1 unspecified atom stereocenters. The highest BCUT2D eigenvalue weighted by Gasteiger charge is 2.26. The van der Waals surface area contributed by atoms with Crippen LogP contribution in [-0.4, -0.2) is 40.0 Å².